The van der Waals surface area contributed by atoms with E-state index in [4.69, 9.17) is 4.74 Å². The van der Waals surface area contributed by atoms with Gasteiger partial charge in [-0.1, -0.05) is 96.5 Å². The number of carboxylic acid groups (broad SMARTS) is 1. The van der Waals surface area contributed by atoms with E-state index in [1.165, 1.54) is 83.1 Å². The van der Waals surface area contributed by atoms with E-state index < -0.39 is 11.7 Å². The van der Waals surface area contributed by atoms with Crippen LogP contribution in [0.5, 0.6) is 11.5 Å². The monoisotopic (exact) mass is 450 g/mol. The number of hydrogen-bond donors (Lipinski definition) is 3. The lowest BCUT2D eigenvalue weighted by Crippen LogP contribution is -2.03. The van der Waals surface area contributed by atoms with Crippen molar-refractivity contribution in [1.29, 1.82) is 0 Å². The van der Waals surface area contributed by atoms with E-state index in [1.807, 2.05) is 0 Å². The highest BCUT2D eigenvalue weighted by molar-refractivity contribution is 5.93. The first-order valence-electron chi connectivity index (χ1n) is 12.9. The summed E-state index contributed by atoms with van der Waals surface area (Å²) in [5, 5.41) is 28.5. The molecule has 0 aromatic heterocycles. The fourth-order valence-electron chi connectivity index (χ4n) is 4.09. The molecule has 184 valence electrons. The third-order valence-corrected chi connectivity index (χ3v) is 6.08. The first-order valence-corrected chi connectivity index (χ1v) is 12.9. The average molecular weight is 451 g/mol. The maximum atomic E-state index is 11.3. The van der Waals surface area contributed by atoms with Crippen LogP contribution in [0.25, 0.3) is 0 Å². The summed E-state index contributed by atoms with van der Waals surface area (Å²) in [7, 11) is 0. The highest BCUT2D eigenvalue weighted by atomic mass is 16.5. The van der Waals surface area contributed by atoms with Gasteiger partial charge in [0.2, 0.25) is 0 Å². The van der Waals surface area contributed by atoms with Crippen molar-refractivity contribution >= 4 is 5.97 Å². The van der Waals surface area contributed by atoms with Crippen LogP contribution in [0, 0.1) is 0 Å². The Morgan fingerprint density at radius 3 is 1.69 bits per heavy atom. The molecular weight excluding hydrogens is 404 g/mol. The largest absolute Gasteiger partial charge is 0.504 e. The summed E-state index contributed by atoms with van der Waals surface area (Å²) >= 11 is 0. The number of phenols is 2. The molecule has 1 rings (SSSR count). The Bertz CT molecular complexity index is 614. The van der Waals surface area contributed by atoms with Crippen molar-refractivity contribution in [2.24, 2.45) is 0 Å². The van der Waals surface area contributed by atoms with Crippen LogP contribution in [0.1, 0.15) is 126 Å². The van der Waals surface area contributed by atoms with Gasteiger partial charge in [0.1, 0.15) is 5.56 Å². The van der Waals surface area contributed by atoms with Crippen molar-refractivity contribution in [3.63, 3.8) is 0 Å². The highest BCUT2D eigenvalue weighted by Crippen LogP contribution is 2.32. The first-order chi connectivity index (χ1) is 15.6. The average Bonchev–Trinajstić information content (AvgIpc) is 2.77. The minimum absolute atomic E-state index is 0.172. The summed E-state index contributed by atoms with van der Waals surface area (Å²) in [6.45, 7) is 4.06. The maximum absolute atomic E-state index is 11.3. The Morgan fingerprint density at radius 1 is 0.719 bits per heavy atom. The van der Waals surface area contributed by atoms with Gasteiger partial charge in [0.05, 0.1) is 0 Å². The molecule has 0 fully saturated rings. The number of aryl methyl sites for hydroxylation is 1. The number of phenolic OH excluding ortho intramolecular Hbond substituents is 1. The lowest BCUT2D eigenvalue weighted by Gasteiger charge is -2.09. The van der Waals surface area contributed by atoms with Crippen molar-refractivity contribution in [2.75, 3.05) is 13.2 Å². The number of carbonyl (C=O) groups is 1. The molecule has 0 atom stereocenters. The normalized spacial score (nSPS) is 11.2. The van der Waals surface area contributed by atoms with Gasteiger partial charge in [-0.3, -0.25) is 0 Å². The fraction of sp³-hybridized carbons (Fsp3) is 0.741. The van der Waals surface area contributed by atoms with Crippen LogP contribution >= 0.6 is 0 Å². The van der Waals surface area contributed by atoms with Crippen molar-refractivity contribution in [1.82, 2.24) is 0 Å². The molecule has 0 heterocycles. The summed E-state index contributed by atoms with van der Waals surface area (Å²) in [6, 6.07) is 2.95. The summed E-state index contributed by atoms with van der Waals surface area (Å²) in [5.74, 6) is -2.11. The molecule has 0 aliphatic rings. The lowest BCUT2D eigenvalue weighted by atomic mass is 9.99. The SMILES string of the molecule is CCCCCCCCCCOCCCCCCCCCCc1ccc(O)c(O)c1C(=O)O. The summed E-state index contributed by atoms with van der Waals surface area (Å²) in [6.07, 6.45) is 20.5. The van der Waals surface area contributed by atoms with Gasteiger partial charge in [-0.05, 0) is 37.3 Å². The molecule has 0 saturated heterocycles. The molecular formula is C27H46O5. The predicted octanol–water partition coefficient (Wildman–Crippen LogP) is 7.62. The number of aromatic hydroxyl groups is 2. The molecule has 32 heavy (non-hydrogen) atoms. The zero-order chi connectivity index (χ0) is 23.4. The zero-order valence-corrected chi connectivity index (χ0v) is 20.2. The molecule has 0 aliphatic heterocycles. The second-order valence-electron chi connectivity index (χ2n) is 8.94. The number of ether oxygens (including phenoxy) is 1. The van der Waals surface area contributed by atoms with Crippen LogP contribution in [-0.2, 0) is 11.2 Å². The molecule has 1 aromatic rings. The second-order valence-corrected chi connectivity index (χ2v) is 8.94. The molecule has 0 bridgehead atoms. The molecule has 0 amide bonds. The first kappa shape index (κ1) is 28.3. The fourth-order valence-corrected chi connectivity index (χ4v) is 4.09. The van der Waals surface area contributed by atoms with Crippen molar-refractivity contribution in [3.05, 3.63) is 23.3 Å². The third kappa shape index (κ3) is 12.9. The minimum atomic E-state index is -1.20. The van der Waals surface area contributed by atoms with E-state index in [0.717, 1.165) is 38.9 Å². The van der Waals surface area contributed by atoms with Gasteiger partial charge in [-0.2, -0.15) is 0 Å². The van der Waals surface area contributed by atoms with Crippen molar-refractivity contribution in [2.45, 2.75) is 116 Å². The van der Waals surface area contributed by atoms with Crippen molar-refractivity contribution < 1.29 is 24.9 Å². The lowest BCUT2D eigenvalue weighted by molar-refractivity contribution is 0.0691. The highest BCUT2D eigenvalue weighted by Gasteiger charge is 2.18. The molecule has 0 spiro atoms. The summed E-state index contributed by atoms with van der Waals surface area (Å²) < 4.78 is 5.75. The van der Waals surface area contributed by atoms with E-state index in [9.17, 15) is 20.1 Å². The Kier molecular flexibility index (Phi) is 16.6. The van der Waals surface area contributed by atoms with Gasteiger partial charge in [-0.15, -0.1) is 0 Å². The molecule has 5 nitrogen and oxygen atoms in total. The maximum Gasteiger partial charge on any atom is 0.339 e. The van der Waals surface area contributed by atoms with E-state index in [-0.39, 0.29) is 11.3 Å². The van der Waals surface area contributed by atoms with Crippen LogP contribution in [0.15, 0.2) is 12.1 Å². The molecule has 1 aromatic carbocycles. The molecule has 0 unspecified atom stereocenters. The van der Waals surface area contributed by atoms with Crippen LogP contribution in [0.2, 0.25) is 0 Å². The van der Waals surface area contributed by atoms with E-state index >= 15 is 0 Å². The van der Waals surface area contributed by atoms with Gasteiger partial charge in [0.15, 0.2) is 11.5 Å². The van der Waals surface area contributed by atoms with Crippen LogP contribution in [0.4, 0.5) is 0 Å². The third-order valence-electron chi connectivity index (χ3n) is 6.08. The summed E-state index contributed by atoms with van der Waals surface area (Å²) in [4.78, 5) is 11.3. The number of benzene rings is 1. The van der Waals surface area contributed by atoms with Crippen LogP contribution < -0.4 is 0 Å². The number of unbranched alkanes of at least 4 members (excludes halogenated alkanes) is 14. The van der Waals surface area contributed by atoms with Crippen LogP contribution in [-0.4, -0.2) is 34.5 Å². The molecule has 0 radical (unpaired) electrons. The van der Waals surface area contributed by atoms with Gasteiger partial charge in [0, 0.05) is 13.2 Å². The number of hydrogen-bond acceptors (Lipinski definition) is 4. The number of carboxylic acids is 1. The molecule has 0 aliphatic carbocycles. The quantitative estimate of drug-likeness (QED) is 0.132. The number of aromatic carboxylic acids is 1. The van der Waals surface area contributed by atoms with Gasteiger partial charge < -0.3 is 20.1 Å². The predicted molar refractivity (Wildman–Crippen MR) is 131 cm³/mol. The van der Waals surface area contributed by atoms with Gasteiger partial charge in [0.25, 0.3) is 0 Å². The van der Waals surface area contributed by atoms with Gasteiger partial charge in [-0.25, -0.2) is 4.79 Å². The Labute approximate surface area is 195 Å². The molecule has 5 heteroatoms. The standard InChI is InChI=1S/C27H46O5/c1-2-3-4-5-6-10-13-16-21-32-22-17-14-11-8-7-9-12-15-18-23-19-20-24(28)26(29)25(23)27(30)31/h19-20,28-29H,2-18,21-22H2,1H3,(H,30,31). The summed E-state index contributed by atoms with van der Waals surface area (Å²) in [5.41, 5.74) is 0.411. The van der Waals surface area contributed by atoms with E-state index in [1.54, 1.807) is 6.07 Å². The zero-order valence-electron chi connectivity index (χ0n) is 20.2. The molecule has 0 saturated carbocycles. The second kappa shape index (κ2) is 18.8. The Balaban J connectivity index is 1.89. The minimum Gasteiger partial charge on any atom is -0.504 e. The van der Waals surface area contributed by atoms with Crippen LogP contribution in [0.3, 0.4) is 0 Å². The molecule has 3 N–H and O–H groups in total. The van der Waals surface area contributed by atoms with Crippen molar-refractivity contribution in [3.8, 4) is 11.5 Å². The Hall–Kier alpha value is -1.75. The van der Waals surface area contributed by atoms with Gasteiger partial charge >= 0.3 is 5.97 Å². The smallest absolute Gasteiger partial charge is 0.339 e. The topological polar surface area (TPSA) is 87.0 Å². The number of rotatable bonds is 21. The Morgan fingerprint density at radius 2 is 1.19 bits per heavy atom. The van der Waals surface area contributed by atoms with E-state index in [2.05, 4.69) is 6.92 Å². The van der Waals surface area contributed by atoms with E-state index in [0.29, 0.717) is 12.0 Å².